The maximum absolute atomic E-state index is 9.08. The first kappa shape index (κ1) is 7.26. The topological polar surface area (TPSA) is 20.2 Å². The highest BCUT2D eigenvalue weighted by molar-refractivity contribution is 6.41. The van der Waals surface area contributed by atoms with Crippen molar-refractivity contribution in [3.8, 4) is 5.75 Å². The quantitative estimate of drug-likeness (QED) is 0.457. The molecule has 0 heterocycles. The van der Waals surface area contributed by atoms with E-state index in [9.17, 15) is 0 Å². The van der Waals surface area contributed by atoms with Crippen LogP contribution in [-0.4, -0.2) is 20.8 Å². The molecule has 0 bridgehead atoms. The van der Waals surface area contributed by atoms with Crippen molar-refractivity contribution in [1.29, 1.82) is 0 Å². The van der Waals surface area contributed by atoms with Crippen molar-refractivity contribution in [2.75, 3.05) is 0 Å². The van der Waals surface area contributed by atoms with Gasteiger partial charge in [-0.15, -0.1) is 0 Å². The zero-order chi connectivity index (χ0) is 7.72. The average molecular weight is 128 g/mol. The Morgan fingerprint density at radius 3 is 2.00 bits per heavy atom. The molecule has 0 saturated carbocycles. The van der Waals surface area contributed by atoms with Gasteiger partial charge in [-0.1, -0.05) is 28.6 Å². The lowest BCUT2D eigenvalue weighted by Crippen LogP contribution is -2.15. The average Bonchev–Trinajstić information content (AvgIpc) is 1.82. The lowest BCUT2D eigenvalue weighted by molar-refractivity contribution is 0.484. The van der Waals surface area contributed by atoms with Gasteiger partial charge in [-0.05, 0) is 6.92 Å². The van der Waals surface area contributed by atoms with E-state index in [1.807, 2.05) is 6.92 Å². The Labute approximate surface area is 62.9 Å². The first-order valence-electron chi connectivity index (χ1n) is 2.96. The Hall–Kier alpha value is -0.850. The van der Waals surface area contributed by atoms with Gasteiger partial charge < -0.3 is 5.11 Å². The normalized spacial score (nSPS) is 9.70. The third kappa shape index (κ3) is 1.18. The van der Waals surface area contributed by atoms with Crippen LogP contribution in [0, 0.1) is 6.92 Å². The predicted molar refractivity (Wildman–Crippen MR) is 43.6 cm³/mol. The van der Waals surface area contributed by atoms with Crippen molar-refractivity contribution in [1.82, 2.24) is 0 Å². The van der Waals surface area contributed by atoms with E-state index in [-0.39, 0.29) is 5.75 Å². The molecule has 0 atom stereocenters. The van der Waals surface area contributed by atoms with Crippen molar-refractivity contribution in [3.63, 3.8) is 0 Å². The maximum Gasteiger partial charge on any atom is 0.118 e. The summed E-state index contributed by atoms with van der Waals surface area (Å²) in [6, 6.07) is 3.34. The molecule has 0 amide bonds. The van der Waals surface area contributed by atoms with Gasteiger partial charge in [0.15, 0.2) is 0 Å². The molecule has 0 aliphatic carbocycles. The number of phenols is 1. The van der Waals surface area contributed by atoms with Gasteiger partial charge in [0.2, 0.25) is 0 Å². The van der Waals surface area contributed by atoms with Crippen LogP contribution in [0.2, 0.25) is 0 Å². The van der Waals surface area contributed by atoms with Crippen LogP contribution in [0.25, 0.3) is 0 Å². The van der Waals surface area contributed by atoms with E-state index in [0.717, 1.165) is 5.56 Å². The third-order valence-corrected chi connectivity index (χ3v) is 1.31. The van der Waals surface area contributed by atoms with Crippen molar-refractivity contribution in [2.24, 2.45) is 0 Å². The highest BCUT2D eigenvalue weighted by Crippen LogP contribution is 2.00. The molecule has 46 valence electrons. The molecule has 0 aliphatic rings. The molecule has 10 heavy (non-hydrogen) atoms. The minimum absolute atomic E-state index is 0.0226. The second-order valence-electron chi connectivity index (χ2n) is 2.29. The predicted octanol–water partition coefficient (Wildman–Crippen LogP) is -0.712. The molecule has 0 saturated heterocycles. The number of hydrogen-bond acceptors (Lipinski definition) is 1. The Morgan fingerprint density at radius 2 is 1.60 bits per heavy atom. The summed E-state index contributed by atoms with van der Waals surface area (Å²) in [5.41, 5.74) is 1.61. The second-order valence-corrected chi connectivity index (χ2v) is 2.29. The zero-order valence-electron chi connectivity index (χ0n) is 5.76. The highest BCUT2D eigenvalue weighted by atomic mass is 16.3. The van der Waals surface area contributed by atoms with Crippen molar-refractivity contribution >= 4 is 26.6 Å². The number of phenolic OH excluding ortho intramolecular Hbond substituents is 1. The second kappa shape index (κ2) is 2.41. The first-order valence-corrected chi connectivity index (χ1v) is 2.96. The lowest BCUT2D eigenvalue weighted by Gasteiger charge is -2.04. The summed E-state index contributed by atoms with van der Waals surface area (Å²) in [5, 5.41) is 9.08. The largest absolute Gasteiger partial charge is 0.509 e. The van der Waals surface area contributed by atoms with E-state index in [0.29, 0.717) is 10.9 Å². The van der Waals surface area contributed by atoms with E-state index in [1.165, 1.54) is 0 Å². The van der Waals surface area contributed by atoms with Gasteiger partial charge in [0, 0.05) is 0 Å². The smallest absolute Gasteiger partial charge is 0.118 e. The summed E-state index contributed by atoms with van der Waals surface area (Å²) in [6.07, 6.45) is 0. The summed E-state index contributed by atoms with van der Waals surface area (Å²) in [5.74, 6) is -0.0226. The molecular formula is C7H6B2O. The van der Waals surface area contributed by atoms with Crippen LogP contribution < -0.4 is 10.9 Å². The molecule has 1 aromatic carbocycles. The molecule has 1 rings (SSSR count). The monoisotopic (exact) mass is 128 g/mol. The number of aromatic hydroxyl groups is 1. The first-order chi connectivity index (χ1) is 4.61. The highest BCUT2D eigenvalue weighted by Gasteiger charge is 1.98. The molecule has 0 unspecified atom stereocenters. The Balaban J connectivity index is 3.31. The van der Waals surface area contributed by atoms with E-state index in [2.05, 4.69) is 0 Å². The van der Waals surface area contributed by atoms with Crippen LogP contribution in [0.4, 0.5) is 0 Å². The summed E-state index contributed by atoms with van der Waals surface area (Å²) in [4.78, 5) is 0. The van der Waals surface area contributed by atoms with E-state index < -0.39 is 0 Å². The van der Waals surface area contributed by atoms with Gasteiger partial charge in [-0.3, -0.25) is 0 Å². The molecule has 3 heteroatoms. The van der Waals surface area contributed by atoms with Crippen molar-refractivity contribution in [2.45, 2.75) is 6.92 Å². The lowest BCUT2D eigenvalue weighted by atomic mass is 9.84. The van der Waals surface area contributed by atoms with Crippen LogP contribution in [0.3, 0.4) is 0 Å². The molecule has 0 spiro atoms. The molecule has 0 aromatic heterocycles. The van der Waals surface area contributed by atoms with Gasteiger partial charge in [0.25, 0.3) is 0 Å². The third-order valence-electron chi connectivity index (χ3n) is 1.31. The van der Waals surface area contributed by atoms with Gasteiger partial charge in [-0.2, -0.15) is 0 Å². The fourth-order valence-electron chi connectivity index (χ4n) is 0.836. The summed E-state index contributed by atoms with van der Waals surface area (Å²) < 4.78 is 0. The van der Waals surface area contributed by atoms with Gasteiger partial charge in [0.05, 0.1) is 0 Å². The molecule has 0 aliphatic heterocycles. The number of rotatable bonds is 0. The van der Waals surface area contributed by atoms with E-state index in [1.54, 1.807) is 12.1 Å². The maximum atomic E-state index is 9.08. The van der Waals surface area contributed by atoms with Crippen LogP contribution in [-0.2, 0) is 0 Å². The van der Waals surface area contributed by atoms with E-state index >= 15 is 0 Å². The Bertz CT molecular complexity index is 235. The fourth-order valence-corrected chi connectivity index (χ4v) is 0.836. The summed E-state index contributed by atoms with van der Waals surface area (Å²) in [7, 11) is 10.8. The zero-order valence-corrected chi connectivity index (χ0v) is 5.76. The molecule has 1 nitrogen and oxygen atoms in total. The minimum Gasteiger partial charge on any atom is -0.509 e. The number of aryl methyl sites for hydroxylation is 1. The van der Waals surface area contributed by atoms with Crippen molar-refractivity contribution in [3.05, 3.63) is 17.7 Å². The van der Waals surface area contributed by atoms with Crippen LogP contribution in [0.5, 0.6) is 5.75 Å². The number of hydrogen-bond donors (Lipinski definition) is 1. The van der Waals surface area contributed by atoms with Gasteiger partial charge >= 0.3 is 0 Å². The molecular weight excluding hydrogens is 122 g/mol. The SMILES string of the molecule is [B]c1cc(C)cc([B])c1O. The number of benzene rings is 1. The van der Waals surface area contributed by atoms with Crippen LogP contribution in [0.1, 0.15) is 5.56 Å². The van der Waals surface area contributed by atoms with Crippen LogP contribution in [0.15, 0.2) is 12.1 Å². The summed E-state index contributed by atoms with van der Waals surface area (Å²) in [6.45, 7) is 1.87. The van der Waals surface area contributed by atoms with Crippen molar-refractivity contribution < 1.29 is 5.11 Å². The standard InChI is InChI=1S/C7H6B2O/c1-4-2-5(8)7(10)6(9)3-4/h2-3,10H,1H3. The molecule has 1 aromatic rings. The molecule has 4 radical (unpaired) electrons. The molecule has 0 fully saturated rings. The summed E-state index contributed by atoms with van der Waals surface area (Å²) >= 11 is 0. The Morgan fingerprint density at radius 1 is 1.20 bits per heavy atom. The van der Waals surface area contributed by atoms with Gasteiger partial charge in [0.1, 0.15) is 21.4 Å². The van der Waals surface area contributed by atoms with Crippen LogP contribution >= 0.6 is 0 Å². The minimum atomic E-state index is -0.0226. The van der Waals surface area contributed by atoms with E-state index in [4.69, 9.17) is 20.8 Å². The van der Waals surface area contributed by atoms with Gasteiger partial charge in [-0.25, -0.2) is 0 Å². The fraction of sp³-hybridized carbons (Fsp3) is 0.143. The molecule has 1 N–H and O–H groups in total. The Kier molecular flexibility index (Phi) is 1.75.